The molecule has 0 aliphatic heterocycles. The maximum absolute atomic E-state index is 12.9. The predicted molar refractivity (Wildman–Crippen MR) is 115 cm³/mol. The van der Waals surface area contributed by atoms with Crippen LogP contribution in [-0.4, -0.2) is 24.2 Å². The Labute approximate surface area is 177 Å². The highest BCUT2D eigenvalue weighted by Crippen LogP contribution is 2.30. The van der Waals surface area contributed by atoms with Gasteiger partial charge in [-0.25, -0.2) is 0 Å². The van der Waals surface area contributed by atoms with Gasteiger partial charge in [-0.05, 0) is 61.1 Å². The van der Waals surface area contributed by atoms with Gasteiger partial charge in [-0.3, -0.25) is 4.79 Å². The van der Waals surface area contributed by atoms with Crippen molar-refractivity contribution in [3.8, 4) is 0 Å². The molecule has 0 unspecified atom stereocenters. The van der Waals surface area contributed by atoms with Gasteiger partial charge in [-0.15, -0.1) is 0 Å². The Balaban J connectivity index is 1.79. The largest absolute Gasteiger partial charge is 0.383 e. The van der Waals surface area contributed by atoms with Crippen molar-refractivity contribution in [1.29, 1.82) is 0 Å². The standard InChI is InChI=1S/C21H20Cl2N2O2S/c1-27-9-8-25-19-17(23)11-16(22)12-18(19)28-21(25)24-20(26)15-7-6-13-4-2-3-5-14(13)10-15/h6-7,10-12H,2-5,8-9H2,1H3. The van der Waals surface area contributed by atoms with E-state index in [1.54, 1.807) is 13.2 Å². The molecule has 1 aliphatic carbocycles. The molecule has 0 atom stereocenters. The maximum Gasteiger partial charge on any atom is 0.279 e. The minimum Gasteiger partial charge on any atom is -0.383 e. The molecule has 4 rings (SSSR count). The summed E-state index contributed by atoms with van der Waals surface area (Å²) in [7, 11) is 1.64. The molecule has 0 saturated carbocycles. The lowest BCUT2D eigenvalue weighted by atomic mass is 9.90. The molecule has 3 aromatic rings. The summed E-state index contributed by atoms with van der Waals surface area (Å²) in [6.07, 6.45) is 4.51. The second-order valence-corrected chi connectivity index (χ2v) is 8.72. The van der Waals surface area contributed by atoms with Gasteiger partial charge in [0.2, 0.25) is 0 Å². The molecule has 0 radical (unpaired) electrons. The Morgan fingerprint density at radius 3 is 2.75 bits per heavy atom. The molecule has 1 aliphatic rings. The summed E-state index contributed by atoms with van der Waals surface area (Å²) in [6.45, 7) is 1.04. The Morgan fingerprint density at radius 1 is 1.18 bits per heavy atom. The summed E-state index contributed by atoms with van der Waals surface area (Å²) in [5, 5.41) is 1.10. The van der Waals surface area contributed by atoms with Crippen molar-refractivity contribution in [3.63, 3.8) is 0 Å². The number of ether oxygens (including phenoxy) is 1. The van der Waals surface area contributed by atoms with Crippen molar-refractivity contribution in [2.75, 3.05) is 13.7 Å². The minimum atomic E-state index is -0.242. The molecule has 0 bridgehead atoms. The summed E-state index contributed by atoms with van der Waals surface area (Å²) in [5.41, 5.74) is 4.07. The Morgan fingerprint density at radius 2 is 1.96 bits per heavy atom. The molecule has 7 heteroatoms. The van der Waals surface area contributed by atoms with Crippen LogP contribution in [0.2, 0.25) is 10.0 Å². The summed E-state index contributed by atoms with van der Waals surface area (Å²) in [5.74, 6) is -0.242. The number of halogens is 2. The van der Waals surface area contributed by atoms with Gasteiger partial charge >= 0.3 is 0 Å². The summed E-state index contributed by atoms with van der Waals surface area (Å²) >= 11 is 14.0. The van der Waals surface area contributed by atoms with Crippen LogP contribution in [0, 0.1) is 0 Å². The van der Waals surface area contributed by atoms with Crippen LogP contribution in [0.1, 0.15) is 34.3 Å². The highest BCUT2D eigenvalue weighted by molar-refractivity contribution is 7.16. The first kappa shape index (κ1) is 19.6. The zero-order chi connectivity index (χ0) is 19.7. The lowest BCUT2D eigenvalue weighted by Gasteiger charge is -2.15. The highest BCUT2D eigenvalue weighted by atomic mass is 35.5. The van der Waals surface area contributed by atoms with Crippen molar-refractivity contribution >= 4 is 50.7 Å². The lowest BCUT2D eigenvalue weighted by Crippen LogP contribution is -2.19. The second kappa shape index (κ2) is 8.37. The van der Waals surface area contributed by atoms with Crippen LogP contribution in [0.3, 0.4) is 0 Å². The van der Waals surface area contributed by atoms with E-state index in [0.717, 1.165) is 23.1 Å². The van der Waals surface area contributed by atoms with Crippen LogP contribution < -0.4 is 4.80 Å². The van der Waals surface area contributed by atoms with E-state index < -0.39 is 0 Å². The number of thiazole rings is 1. The van der Waals surface area contributed by atoms with E-state index in [2.05, 4.69) is 11.1 Å². The van der Waals surface area contributed by atoms with Gasteiger partial charge in [0.25, 0.3) is 5.91 Å². The number of amides is 1. The predicted octanol–water partition coefficient (Wildman–Crippen LogP) is 5.28. The molecule has 0 saturated heterocycles. The fourth-order valence-corrected chi connectivity index (χ4v) is 5.46. The molecule has 146 valence electrons. The fraction of sp³-hybridized carbons (Fsp3) is 0.333. The number of benzene rings is 2. The number of carbonyl (C=O) groups is 1. The van der Waals surface area contributed by atoms with Crippen LogP contribution in [-0.2, 0) is 24.1 Å². The van der Waals surface area contributed by atoms with Crippen molar-refractivity contribution in [2.24, 2.45) is 4.99 Å². The summed E-state index contributed by atoms with van der Waals surface area (Å²) < 4.78 is 8.05. The lowest BCUT2D eigenvalue weighted by molar-refractivity contribution is 0.0997. The monoisotopic (exact) mass is 434 g/mol. The third-order valence-electron chi connectivity index (χ3n) is 5.01. The highest BCUT2D eigenvalue weighted by Gasteiger charge is 2.15. The molecule has 0 spiro atoms. The molecule has 4 nitrogen and oxygen atoms in total. The van der Waals surface area contributed by atoms with Gasteiger partial charge in [0.1, 0.15) is 0 Å². The maximum atomic E-state index is 12.9. The number of aryl methyl sites for hydroxylation is 2. The number of methoxy groups -OCH3 is 1. The van der Waals surface area contributed by atoms with E-state index in [1.807, 2.05) is 22.8 Å². The minimum absolute atomic E-state index is 0.242. The molecule has 1 heterocycles. The van der Waals surface area contributed by atoms with E-state index in [-0.39, 0.29) is 5.91 Å². The van der Waals surface area contributed by atoms with Gasteiger partial charge in [0.05, 0.1) is 21.8 Å². The fourth-order valence-electron chi connectivity index (χ4n) is 3.62. The zero-order valence-corrected chi connectivity index (χ0v) is 17.8. The van der Waals surface area contributed by atoms with Crippen molar-refractivity contribution in [1.82, 2.24) is 4.57 Å². The van der Waals surface area contributed by atoms with E-state index in [9.17, 15) is 4.79 Å². The SMILES string of the molecule is COCCn1c(=NC(=O)c2ccc3c(c2)CCCC3)sc2cc(Cl)cc(Cl)c21. The first-order valence-electron chi connectivity index (χ1n) is 9.25. The summed E-state index contributed by atoms with van der Waals surface area (Å²) in [6, 6.07) is 9.50. The van der Waals surface area contributed by atoms with Crippen LogP contribution in [0.4, 0.5) is 0 Å². The van der Waals surface area contributed by atoms with Crippen molar-refractivity contribution in [2.45, 2.75) is 32.2 Å². The number of fused-ring (bicyclic) bond motifs is 2. The second-order valence-electron chi connectivity index (χ2n) is 6.87. The number of carbonyl (C=O) groups excluding carboxylic acids is 1. The molecule has 2 aromatic carbocycles. The first-order valence-corrected chi connectivity index (χ1v) is 10.8. The van der Waals surface area contributed by atoms with Crippen LogP contribution in [0.25, 0.3) is 10.2 Å². The number of hydrogen-bond acceptors (Lipinski definition) is 3. The van der Waals surface area contributed by atoms with Crippen molar-refractivity contribution < 1.29 is 9.53 Å². The van der Waals surface area contributed by atoms with E-state index in [0.29, 0.717) is 33.6 Å². The van der Waals surface area contributed by atoms with Gasteiger partial charge in [0.15, 0.2) is 4.80 Å². The zero-order valence-electron chi connectivity index (χ0n) is 15.5. The number of hydrogen-bond donors (Lipinski definition) is 0. The average Bonchev–Trinajstić information content (AvgIpc) is 3.02. The third kappa shape index (κ3) is 3.90. The summed E-state index contributed by atoms with van der Waals surface area (Å²) in [4.78, 5) is 17.9. The van der Waals surface area contributed by atoms with Crippen LogP contribution in [0.15, 0.2) is 35.3 Å². The molecular weight excluding hydrogens is 415 g/mol. The topological polar surface area (TPSA) is 43.6 Å². The van der Waals surface area contributed by atoms with Gasteiger partial charge in [-0.1, -0.05) is 40.6 Å². The molecule has 28 heavy (non-hydrogen) atoms. The molecule has 0 N–H and O–H groups in total. The first-order chi connectivity index (χ1) is 13.6. The van der Waals surface area contributed by atoms with E-state index >= 15 is 0 Å². The third-order valence-corrected chi connectivity index (χ3v) is 6.54. The van der Waals surface area contributed by atoms with Crippen LogP contribution >= 0.6 is 34.5 Å². The van der Waals surface area contributed by atoms with Crippen LogP contribution in [0.5, 0.6) is 0 Å². The number of nitrogens with zero attached hydrogens (tertiary/aromatic N) is 2. The van der Waals surface area contributed by atoms with E-state index in [1.165, 1.54) is 35.3 Å². The Bertz CT molecular complexity index is 1120. The normalized spacial score (nSPS) is 14.5. The average molecular weight is 435 g/mol. The molecule has 0 fully saturated rings. The number of rotatable bonds is 4. The van der Waals surface area contributed by atoms with Gasteiger partial charge in [0, 0.05) is 24.2 Å². The van der Waals surface area contributed by atoms with E-state index in [4.69, 9.17) is 27.9 Å². The molecular formula is C21H20Cl2N2O2S. The molecule has 1 amide bonds. The van der Waals surface area contributed by atoms with Crippen molar-refractivity contribution in [3.05, 3.63) is 61.9 Å². The van der Waals surface area contributed by atoms with Gasteiger partial charge < -0.3 is 9.30 Å². The smallest absolute Gasteiger partial charge is 0.279 e. The number of aromatic nitrogens is 1. The Hall–Kier alpha value is -1.66. The molecule has 1 aromatic heterocycles. The quantitative estimate of drug-likeness (QED) is 0.560. The Kier molecular flexibility index (Phi) is 5.88. The van der Waals surface area contributed by atoms with Gasteiger partial charge in [-0.2, -0.15) is 4.99 Å².